The quantitative estimate of drug-likeness (QED) is 0.813. The summed E-state index contributed by atoms with van der Waals surface area (Å²) in [5.41, 5.74) is 0.632. The van der Waals surface area contributed by atoms with Crippen LogP contribution >= 0.6 is 0 Å². The average molecular weight is 238 g/mol. The van der Waals surface area contributed by atoms with Gasteiger partial charge in [0.05, 0.1) is 0 Å². The van der Waals surface area contributed by atoms with Crippen LogP contribution in [0, 0.1) is 5.41 Å². The van der Waals surface area contributed by atoms with Gasteiger partial charge in [-0.05, 0) is 50.7 Å². The van der Waals surface area contributed by atoms with E-state index in [9.17, 15) is 0 Å². The number of nitrogens with one attached hydrogen (secondary N) is 1. The highest BCUT2D eigenvalue weighted by Crippen LogP contribution is 2.33. The van der Waals surface area contributed by atoms with Crippen LogP contribution in [0.25, 0.3) is 0 Å². The van der Waals surface area contributed by atoms with E-state index in [1.807, 2.05) is 0 Å². The number of piperidine rings is 1. The van der Waals surface area contributed by atoms with Crippen LogP contribution in [-0.2, 0) is 0 Å². The van der Waals surface area contributed by atoms with Gasteiger partial charge in [0, 0.05) is 12.6 Å². The molecule has 0 amide bonds. The Labute approximate surface area is 107 Å². The molecule has 2 heterocycles. The molecule has 0 bridgehead atoms. The summed E-state index contributed by atoms with van der Waals surface area (Å²) in [5, 5.41) is 3.72. The van der Waals surface area contributed by atoms with Crippen molar-refractivity contribution in [3.8, 4) is 0 Å². The molecule has 1 atom stereocenters. The van der Waals surface area contributed by atoms with E-state index in [1.54, 1.807) is 0 Å². The van der Waals surface area contributed by atoms with Crippen molar-refractivity contribution >= 4 is 0 Å². The standard InChI is InChI=1S/C15H30N2/c1-3-15(2)8-11-17(12-9-15)13-14-7-5-4-6-10-16-14/h14,16H,3-13H2,1-2H3. The molecular weight excluding hydrogens is 208 g/mol. The molecule has 1 N–H and O–H groups in total. The van der Waals surface area contributed by atoms with E-state index in [4.69, 9.17) is 0 Å². The van der Waals surface area contributed by atoms with E-state index in [1.165, 1.54) is 71.1 Å². The van der Waals surface area contributed by atoms with E-state index in [-0.39, 0.29) is 0 Å². The minimum atomic E-state index is 0.632. The van der Waals surface area contributed by atoms with Gasteiger partial charge in [0.1, 0.15) is 0 Å². The molecule has 2 saturated heterocycles. The normalized spacial score (nSPS) is 31.1. The van der Waals surface area contributed by atoms with Crippen LogP contribution in [0.3, 0.4) is 0 Å². The Bertz CT molecular complexity index is 211. The lowest BCUT2D eigenvalue weighted by molar-refractivity contribution is 0.106. The Kier molecular flexibility index (Phi) is 4.87. The molecule has 0 radical (unpaired) electrons. The van der Waals surface area contributed by atoms with Gasteiger partial charge in [-0.15, -0.1) is 0 Å². The number of rotatable bonds is 3. The summed E-state index contributed by atoms with van der Waals surface area (Å²) in [4.78, 5) is 2.69. The molecule has 2 aliphatic heterocycles. The molecule has 0 aromatic rings. The lowest BCUT2D eigenvalue weighted by Crippen LogP contribution is -2.45. The molecule has 2 heteroatoms. The first-order valence-electron chi connectivity index (χ1n) is 7.68. The van der Waals surface area contributed by atoms with Gasteiger partial charge in [-0.3, -0.25) is 0 Å². The Morgan fingerprint density at radius 2 is 1.94 bits per heavy atom. The largest absolute Gasteiger partial charge is 0.313 e. The molecule has 17 heavy (non-hydrogen) atoms. The van der Waals surface area contributed by atoms with E-state index < -0.39 is 0 Å². The molecular formula is C15H30N2. The fourth-order valence-corrected chi connectivity index (χ4v) is 3.20. The molecule has 1 unspecified atom stereocenters. The third kappa shape index (κ3) is 3.96. The first kappa shape index (κ1) is 13.4. The summed E-state index contributed by atoms with van der Waals surface area (Å²) < 4.78 is 0. The van der Waals surface area contributed by atoms with Crippen molar-refractivity contribution in [2.75, 3.05) is 26.2 Å². The SMILES string of the molecule is CCC1(C)CCN(CC2CCCCCN2)CC1. The van der Waals surface area contributed by atoms with Crippen molar-refractivity contribution in [3.05, 3.63) is 0 Å². The molecule has 0 aromatic heterocycles. The summed E-state index contributed by atoms with van der Waals surface area (Å²) in [6.45, 7) is 9.99. The zero-order chi connectivity index (χ0) is 12.1. The predicted octanol–water partition coefficient (Wildman–Crippen LogP) is 3.03. The third-order valence-electron chi connectivity index (χ3n) is 5.06. The average Bonchev–Trinajstić information content (AvgIpc) is 2.61. The van der Waals surface area contributed by atoms with Crippen molar-refractivity contribution < 1.29 is 0 Å². The van der Waals surface area contributed by atoms with Gasteiger partial charge in [-0.25, -0.2) is 0 Å². The zero-order valence-corrected chi connectivity index (χ0v) is 11.8. The van der Waals surface area contributed by atoms with Crippen LogP contribution in [0.2, 0.25) is 0 Å². The highest BCUT2D eigenvalue weighted by Gasteiger charge is 2.29. The highest BCUT2D eigenvalue weighted by atomic mass is 15.2. The van der Waals surface area contributed by atoms with Crippen LogP contribution in [0.1, 0.15) is 58.8 Å². The second-order valence-electron chi connectivity index (χ2n) is 6.47. The minimum Gasteiger partial charge on any atom is -0.313 e. The fourth-order valence-electron chi connectivity index (χ4n) is 3.20. The molecule has 0 aromatic carbocycles. The number of hydrogen-bond donors (Lipinski definition) is 1. The zero-order valence-electron chi connectivity index (χ0n) is 11.8. The number of hydrogen-bond acceptors (Lipinski definition) is 2. The molecule has 0 aliphatic carbocycles. The second-order valence-corrected chi connectivity index (χ2v) is 6.47. The van der Waals surface area contributed by atoms with Crippen LogP contribution in [0.5, 0.6) is 0 Å². The van der Waals surface area contributed by atoms with Gasteiger partial charge in [0.25, 0.3) is 0 Å². The Balaban J connectivity index is 1.73. The van der Waals surface area contributed by atoms with Gasteiger partial charge < -0.3 is 10.2 Å². The van der Waals surface area contributed by atoms with Crippen molar-refractivity contribution in [1.82, 2.24) is 10.2 Å². The van der Waals surface area contributed by atoms with Gasteiger partial charge in [-0.2, -0.15) is 0 Å². The first-order chi connectivity index (χ1) is 8.22. The minimum absolute atomic E-state index is 0.632. The lowest BCUT2D eigenvalue weighted by Gasteiger charge is -2.40. The topological polar surface area (TPSA) is 15.3 Å². The lowest BCUT2D eigenvalue weighted by atomic mass is 9.78. The Morgan fingerprint density at radius 3 is 2.65 bits per heavy atom. The number of nitrogens with zero attached hydrogens (tertiary/aromatic N) is 1. The van der Waals surface area contributed by atoms with Crippen molar-refractivity contribution in [2.24, 2.45) is 5.41 Å². The van der Waals surface area contributed by atoms with Gasteiger partial charge >= 0.3 is 0 Å². The van der Waals surface area contributed by atoms with Crippen LogP contribution in [0.4, 0.5) is 0 Å². The van der Waals surface area contributed by atoms with Gasteiger partial charge in [0.15, 0.2) is 0 Å². The van der Waals surface area contributed by atoms with Crippen LogP contribution < -0.4 is 5.32 Å². The molecule has 2 rings (SSSR count). The highest BCUT2D eigenvalue weighted by molar-refractivity contribution is 4.83. The van der Waals surface area contributed by atoms with Gasteiger partial charge in [-0.1, -0.05) is 33.1 Å². The molecule has 2 aliphatic rings. The van der Waals surface area contributed by atoms with Crippen LogP contribution in [-0.4, -0.2) is 37.1 Å². The summed E-state index contributed by atoms with van der Waals surface area (Å²) in [5.74, 6) is 0. The molecule has 0 saturated carbocycles. The maximum atomic E-state index is 3.72. The maximum absolute atomic E-state index is 3.72. The maximum Gasteiger partial charge on any atom is 0.0195 e. The van der Waals surface area contributed by atoms with Crippen molar-refractivity contribution in [1.29, 1.82) is 0 Å². The van der Waals surface area contributed by atoms with Crippen molar-refractivity contribution in [3.63, 3.8) is 0 Å². The van der Waals surface area contributed by atoms with Gasteiger partial charge in [0.2, 0.25) is 0 Å². The number of likely N-dealkylation sites (tertiary alicyclic amines) is 1. The first-order valence-corrected chi connectivity index (χ1v) is 7.68. The van der Waals surface area contributed by atoms with E-state index >= 15 is 0 Å². The Hall–Kier alpha value is -0.0800. The van der Waals surface area contributed by atoms with Crippen LogP contribution in [0.15, 0.2) is 0 Å². The van der Waals surface area contributed by atoms with E-state index in [0.29, 0.717) is 5.41 Å². The summed E-state index contributed by atoms with van der Waals surface area (Å²) in [6.07, 6.45) is 9.77. The summed E-state index contributed by atoms with van der Waals surface area (Å²) >= 11 is 0. The van der Waals surface area contributed by atoms with E-state index in [2.05, 4.69) is 24.1 Å². The molecule has 0 spiro atoms. The monoisotopic (exact) mass is 238 g/mol. The second kappa shape index (κ2) is 6.19. The summed E-state index contributed by atoms with van der Waals surface area (Å²) in [6, 6.07) is 0.767. The fraction of sp³-hybridized carbons (Fsp3) is 1.00. The molecule has 2 fully saturated rings. The smallest absolute Gasteiger partial charge is 0.0195 e. The van der Waals surface area contributed by atoms with Crippen molar-refractivity contribution in [2.45, 2.75) is 64.8 Å². The molecule has 100 valence electrons. The molecule has 2 nitrogen and oxygen atoms in total. The third-order valence-corrected chi connectivity index (χ3v) is 5.06. The van der Waals surface area contributed by atoms with E-state index in [0.717, 1.165) is 6.04 Å². The summed E-state index contributed by atoms with van der Waals surface area (Å²) in [7, 11) is 0. The Morgan fingerprint density at radius 1 is 1.18 bits per heavy atom. The predicted molar refractivity (Wildman–Crippen MR) is 74.3 cm³/mol.